The molecule has 1 saturated carbocycles. The van der Waals surface area contributed by atoms with Crippen LogP contribution >= 0.6 is 0 Å². The average molecular weight is 505 g/mol. The number of halogens is 1. The molecule has 11 heteroatoms. The van der Waals surface area contributed by atoms with Crippen molar-refractivity contribution < 1.29 is 9.18 Å². The van der Waals surface area contributed by atoms with Crippen LogP contribution in [0.15, 0.2) is 56.8 Å². The Hall–Kier alpha value is -4.67. The molecule has 4 N–H and O–H groups in total. The number of carbonyl (C=O) groups is 1. The Morgan fingerprint density at radius 2 is 1.78 bits per heavy atom. The van der Waals surface area contributed by atoms with Crippen molar-refractivity contribution >= 4 is 34.1 Å². The second-order valence-corrected chi connectivity index (χ2v) is 9.23. The third-order valence-corrected chi connectivity index (χ3v) is 6.50. The maximum Gasteiger partial charge on any atom is 0.336 e. The Morgan fingerprint density at radius 3 is 2.43 bits per heavy atom. The van der Waals surface area contributed by atoms with Crippen LogP contribution in [0.4, 0.5) is 26.4 Å². The number of benzene rings is 2. The highest BCUT2D eigenvalue weighted by atomic mass is 19.1. The van der Waals surface area contributed by atoms with E-state index in [1.165, 1.54) is 45.9 Å². The molecule has 0 atom stereocenters. The number of nitrogens with one attached hydrogen (secondary N) is 2. The van der Waals surface area contributed by atoms with Crippen molar-refractivity contribution in [3.63, 3.8) is 0 Å². The largest absolute Gasteiger partial charge is 0.351 e. The number of nitrogens with zero attached hydrogens (tertiary/aromatic N) is 3. The summed E-state index contributed by atoms with van der Waals surface area (Å²) in [4.78, 5) is 52.3. The number of aromatic nitrogens is 3. The lowest BCUT2D eigenvalue weighted by Crippen LogP contribution is -2.41. The number of amides is 2. The summed E-state index contributed by atoms with van der Waals surface area (Å²) < 4.78 is 18.5. The molecule has 0 aliphatic heterocycles. The summed E-state index contributed by atoms with van der Waals surface area (Å²) in [5.41, 5.74) is 5.30. The minimum atomic E-state index is -0.783. The van der Waals surface area contributed by atoms with Crippen molar-refractivity contribution in [2.75, 3.05) is 10.6 Å². The van der Waals surface area contributed by atoms with Crippen LogP contribution in [0.5, 0.6) is 0 Å². The predicted octanol–water partition coefficient (Wildman–Crippen LogP) is 3.18. The summed E-state index contributed by atoms with van der Waals surface area (Å²) in [5.74, 6) is -0.491. The Bertz CT molecular complexity index is 1780. The number of rotatable bonds is 5. The number of nitrogens with two attached hydrogens (primary N) is 1. The molecule has 0 bridgehead atoms. The highest BCUT2D eigenvalue weighted by molar-refractivity contribution is 5.94. The third-order valence-electron chi connectivity index (χ3n) is 6.50. The molecule has 2 heterocycles. The summed E-state index contributed by atoms with van der Waals surface area (Å²) in [6, 6.07) is 9.85. The van der Waals surface area contributed by atoms with Crippen LogP contribution in [0, 0.1) is 19.7 Å². The fourth-order valence-corrected chi connectivity index (χ4v) is 4.57. The summed E-state index contributed by atoms with van der Waals surface area (Å²) in [6.45, 7) is 3.28. The molecule has 2 aromatic heterocycles. The van der Waals surface area contributed by atoms with E-state index in [1.54, 1.807) is 31.2 Å². The fourth-order valence-electron chi connectivity index (χ4n) is 4.57. The number of hydrogen-bond donors (Lipinski definition) is 3. The second kappa shape index (κ2) is 8.77. The van der Waals surface area contributed by atoms with Gasteiger partial charge in [0.05, 0.1) is 16.9 Å². The van der Waals surface area contributed by atoms with Crippen molar-refractivity contribution in [2.24, 2.45) is 12.8 Å². The number of urea groups is 1. The van der Waals surface area contributed by atoms with Gasteiger partial charge in [0, 0.05) is 24.3 Å². The van der Waals surface area contributed by atoms with Gasteiger partial charge in [0.25, 0.3) is 11.1 Å². The minimum Gasteiger partial charge on any atom is -0.351 e. The molecule has 2 aromatic carbocycles. The maximum atomic E-state index is 14.8. The van der Waals surface area contributed by atoms with Crippen molar-refractivity contribution in [1.82, 2.24) is 13.7 Å². The van der Waals surface area contributed by atoms with Gasteiger partial charge < -0.3 is 16.4 Å². The number of aryl methyl sites for hydroxylation is 2. The first-order valence-electron chi connectivity index (χ1n) is 11.7. The molecule has 190 valence electrons. The zero-order chi connectivity index (χ0) is 26.6. The number of pyridine rings is 1. The van der Waals surface area contributed by atoms with Gasteiger partial charge in [-0.05, 0) is 62.6 Å². The zero-order valence-corrected chi connectivity index (χ0v) is 20.5. The van der Waals surface area contributed by atoms with Crippen LogP contribution < -0.4 is 33.2 Å². The van der Waals surface area contributed by atoms with Crippen LogP contribution in [0.25, 0.3) is 16.6 Å². The molecule has 2 amide bonds. The van der Waals surface area contributed by atoms with E-state index in [4.69, 9.17) is 5.73 Å². The topological polar surface area (TPSA) is 133 Å². The van der Waals surface area contributed by atoms with Gasteiger partial charge in [0.15, 0.2) is 0 Å². The SMILES string of the molecule is Cc1ccc(Nc2c3c(=O)n(C4CC4)c(=O)n(-c4cccc(NC(N)=O)c4)c3c(C)c(=O)n2C)c(F)c1. The third kappa shape index (κ3) is 4.07. The zero-order valence-electron chi connectivity index (χ0n) is 20.5. The van der Waals surface area contributed by atoms with Gasteiger partial charge in [-0.15, -0.1) is 0 Å². The molecule has 37 heavy (non-hydrogen) atoms. The van der Waals surface area contributed by atoms with E-state index in [0.29, 0.717) is 29.8 Å². The Labute approximate surface area is 209 Å². The molecule has 1 aliphatic rings. The minimum absolute atomic E-state index is 0.0629. The fraction of sp³-hybridized carbons (Fsp3) is 0.231. The number of anilines is 3. The van der Waals surface area contributed by atoms with Crippen molar-refractivity contribution in [1.29, 1.82) is 0 Å². The maximum absolute atomic E-state index is 14.8. The van der Waals surface area contributed by atoms with Crippen LogP contribution in [-0.2, 0) is 7.05 Å². The predicted molar refractivity (Wildman–Crippen MR) is 140 cm³/mol. The standard InChI is InChI=1S/C26H25FN6O4/c1-13-7-10-19(18(27)11-13)30-22-20-21(14(2)23(34)31(22)3)32(26(37)33(24(20)35)16-8-9-16)17-6-4-5-15(12-17)29-25(28)36/h4-7,10-12,16,30H,8-9H2,1-3H3,(H3,28,29,36). The molecule has 0 radical (unpaired) electrons. The smallest absolute Gasteiger partial charge is 0.336 e. The lowest BCUT2D eigenvalue weighted by Gasteiger charge is -2.21. The van der Waals surface area contributed by atoms with Crippen LogP contribution in [0.2, 0.25) is 0 Å². The van der Waals surface area contributed by atoms with E-state index >= 15 is 0 Å². The number of carbonyl (C=O) groups excluding carboxylic acids is 1. The van der Waals surface area contributed by atoms with Crippen LogP contribution in [0.3, 0.4) is 0 Å². The second-order valence-electron chi connectivity index (χ2n) is 9.23. The summed E-state index contributed by atoms with van der Waals surface area (Å²) in [5, 5.41) is 5.46. The molecule has 1 fully saturated rings. The quantitative estimate of drug-likeness (QED) is 0.384. The highest BCUT2D eigenvalue weighted by Crippen LogP contribution is 2.34. The van der Waals surface area contributed by atoms with Gasteiger partial charge in [-0.3, -0.25) is 23.3 Å². The Kier molecular flexibility index (Phi) is 5.70. The first-order valence-corrected chi connectivity index (χ1v) is 11.7. The van der Waals surface area contributed by atoms with Gasteiger partial charge in [-0.2, -0.15) is 0 Å². The summed E-state index contributed by atoms with van der Waals surface area (Å²) in [7, 11) is 1.48. The normalized spacial score (nSPS) is 13.1. The van der Waals surface area contributed by atoms with E-state index < -0.39 is 28.7 Å². The Morgan fingerprint density at radius 1 is 1.05 bits per heavy atom. The number of primary amides is 1. The molecule has 10 nitrogen and oxygen atoms in total. The molecule has 0 unspecified atom stereocenters. The van der Waals surface area contributed by atoms with Crippen molar-refractivity contribution in [3.8, 4) is 5.69 Å². The summed E-state index contributed by atoms with van der Waals surface area (Å²) in [6.07, 6.45) is 1.31. The van der Waals surface area contributed by atoms with Crippen LogP contribution in [0.1, 0.15) is 30.0 Å². The van der Waals surface area contributed by atoms with E-state index in [1.807, 2.05) is 0 Å². The van der Waals surface area contributed by atoms with Crippen molar-refractivity contribution in [3.05, 3.63) is 90.6 Å². The molecular weight excluding hydrogens is 479 g/mol. The lowest BCUT2D eigenvalue weighted by molar-refractivity contribution is 0.259. The van der Waals surface area contributed by atoms with E-state index in [9.17, 15) is 23.6 Å². The van der Waals surface area contributed by atoms with Gasteiger partial charge in [-0.1, -0.05) is 12.1 Å². The first-order chi connectivity index (χ1) is 17.6. The van der Waals surface area contributed by atoms with Crippen molar-refractivity contribution in [2.45, 2.75) is 32.7 Å². The van der Waals surface area contributed by atoms with Gasteiger partial charge in [0.1, 0.15) is 17.0 Å². The molecule has 4 aromatic rings. The number of hydrogen-bond acceptors (Lipinski definition) is 5. The molecule has 5 rings (SSSR count). The van der Waals surface area contributed by atoms with E-state index in [-0.39, 0.29) is 34.0 Å². The first kappa shape index (κ1) is 24.0. The van der Waals surface area contributed by atoms with E-state index in [2.05, 4.69) is 10.6 Å². The highest BCUT2D eigenvalue weighted by Gasteiger charge is 2.31. The van der Waals surface area contributed by atoms with Gasteiger partial charge in [0.2, 0.25) is 0 Å². The monoisotopic (exact) mass is 504 g/mol. The summed E-state index contributed by atoms with van der Waals surface area (Å²) >= 11 is 0. The van der Waals surface area contributed by atoms with Crippen LogP contribution in [-0.4, -0.2) is 19.7 Å². The average Bonchev–Trinajstić information content (AvgIpc) is 3.67. The molecular formula is C26H25FN6O4. The van der Waals surface area contributed by atoms with Gasteiger partial charge >= 0.3 is 11.7 Å². The lowest BCUT2D eigenvalue weighted by atomic mass is 10.1. The molecule has 1 aliphatic carbocycles. The molecule has 0 spiro atoms. The van der Waals surface area contributed by atoms with Gasteiger partial charge in [-0.25, -0.2) is 14.0 Å². The Balaban J connectivity index is 1.90. The van der Waals surface area contributed by atoms with E-state index in [0.717, 1.165) is 0 Å². The number of fused-ring (bicyclic) bond motifs is 1. The molecule has 0 saturated heterocycles.